The van der Waals surface area contributed by atoms with Gasteiger partial charge in [0.2, 0.25) is 23.6 Å². The Morgan fingerprint density at radius 2 is 0.689 bits per heavy atom. The molecular formula is C62H72N4O8. The van der Waals surface area contributed by atoms with Gasteiger partial charge >= 0.3 is 0 Å². The van der Waals surface area contributed by atoms with Crippen LogP contribution in [0.4, 0.5) is 11.4 Å². The molecule has 0 aromatic heterocycles. The van der Waals surface area contributed by atoms with Crippen LogP contribution in [0.1, 0.15) is 123 Å². The number of rotatable bonds is 22. The minimum Gasteiger partial charge on any atom is -0.493 e. The molecule has 12 heteroatoms. The molecule has 1 aliphatic carbocycles. The summed E-state index contributed by atoms with van der Waals surface area (Å²) in [5.74, 6) is 1.64. The lowest BCUT2D eigenvalue weighted by Gasteiger charge is -2.24. The summed E-state index contributed by atoms with van der Waals surface area (Å²) in [5, 5.41) is 12.2. The van der Waals surface area contributed by atoms with Crippen LogP contribution < -0.4 is 40.2 Å². The van der Waals surface area contributed by atoms with Crippen molar-refractivity contribution in [2.24, 2.45) is 0 Å². The summed E-state index contributed by atoms with van der Waals surface area (Å²) in [6.45, 7) is 13.0. The number of nitrogens with one attached hydrogen (secondary N) is 4. The average molecular weight is 1000 g/mol. The monoisotopic (exact) mass is 1000 g/mol. The molecule has 0 fully saturated rings. The van der Waals surface area contributed by atoms with Crippen molar-refractivity contribution in [2.45, 2.75) is 118 Å². The number of fused-ring (bicyclic) bond motifs is 8. The van der Waals surface area contributed by atoms with Crippen LogP contribution in [0.15, 0.2) is 121 Å². The second-order valence-corrected chi connectivity index (χ2v) is 19.0. The number of carbonyl (C=O) groups excluding carboxylic acids is 4. The lowest BCUT2D eigenvalue weighted by Crippen LogP contribution is -2.44. The van der Waals surface area contributed by atoms with Crippen molar-refractivity contribution in [3.63, 3.8) is 0 Å². The van der Waals surface area contributed by atoms with Gasteiger partial charge in [-0.15, -0.1) is 0 Å². The molecule has 12 nitrogen and oxygen atoms in total. The van der Waals surface area contributed by atoms with E-state index >= 15 is 0 Å². The number of benzene rings is 6. The molecule has 4 amide bonds. The number of amides is 4. The van der Waals surface area contributed by atoms with E-state index in [1.54, 1.807) is 0 Å². The molecular weight excluding hydrogens is 929 g/mol. The molecule has 74 heavy (non-hydrogen) atoms. The molecule has 0 aliphatic heterocycles. The van der Waals surface area contributed by atoms with Gasteiger partial charge in [0.15, 0.2) is 0 Å². The van der Waals surface area contributed by atoms with E-state index in [1.165, 1.54) is 13.8 Å². The van der Waals surface area contributed by atoms with E-state index in [1.807, 2.05) is 97.1 Å². The lowest BCUT2D eigenvalue weighted by molar-refractivity contribution is -0.125. The third-order valence-electron chi connectivity index (χ3n) is 12.7. The minimum absolute atomic E-state index is 0.302. The van der Waals surface area contributed by atoms with Crippen molar-refractivity contribution in [2.75, 3.05) is 37.1 Å². The topological polar surface area (TPSA) is 153 Å². The first-order valence-electron chi connectivity index (χ1n) is 26.2. The van der Waals surface area contributed by atoms with E-state index < -0.39 is 12.1 Å². The number of carbonyl (C=O) groups is 4. The Bertz CT molecular complexity index is 2580. The Labute approximate surface area is 436 Å². The average Bonchev–Trinajstić information content (AvgIpc) is 3.38. The summed E-state index contributed by atoms with van der Waals surface area (Å²) in [4.78, 5) is 53.8. The third kappa shape index (κ3) is 14.8. The van der Waals surface area contributed by atoms with Gasteiger partial charge in [-0.2, -0.15) is 0 Å². The second kappa shape index (κ2) is 26.9. The largest absolute Gasteiger partial charge is 0.493 e. The highest BCUT2D eigenvalue weighted by Gasteiger charge is 2.27. The van der Waals surface area contributed by atoms with Crippen molar-refractivity contribution in [3.05, 3.63) is 177 Å². The fourth-order valence-corrected chi connectivity index (χ4v) is 9.46. The Hall–Kier alpha value is -7.60. The highest BCUT2D eigenvalue weighted by Crippen LogP contribution is 2.41. The van der Waals surface area contributed by atoms with E-state index in [0.717, 1.165) is 104 Å². The van der Waals surface area contributed by atoms with Gasteiger partial charge in [-0.05, 0) is 83.3 Å². The summed E-state index contributed by atoms with van der Waals surface area (Å²) in [7, 11) is 0. The number of para-hydroxylation sites is 2. The van der Waals surface area contributed by atoms with Crippen molar-refractivity contribution in [1.29, 1.82) is 0 Å². The van der Waals surface area contributed by atoms with Gasteiger partial charge < -0.3 is 40.2 Å². The smallest absolute Gasteiger partial charge is 0.247 e. The molecule has 2 atom stereocenters. The molecule has 0 saturated carbocycles. The van der Waals surface area contributed by atoms with Gasteiger partial charge in [-0.1, -0.05) is 125 Å². The van der Waals surface area contributed by atoms with E-state index in [4.69, 9.17) is 18.9 Å². The highest BCUT2D eigenvalue weighted by atomic mass is 16.5. The molecule has 6 aromatic carbocycles. The Kier molecular flexibility index (Phi) is 19.7. The zero-order chi connectivity index (χ0) is 52.4. The quantitative estimate of drug-likeness (QED) is 0.0524. The normalized spacial score (nSPS) is 12.6. The highest BCUT2D eigenvalue weighted by molar-refractivity contribution is 5.98. The van der Waals surface area contributed by atoms with Crippen LogP contribution in [0, 0.1) is 0 Å². The molecule has 8 bridgehead atoms. The number of hydrogen-bond acceptors (Lipinski definition) is 8. The zero-order valence-electron chi connectivity index (χ0n) is 43.9. The first-order valence-corrected chi connectivity index (χ1v) is 26.2. The van der Waals surface area contributed by atoms with Gasteiger partial charge in [0.25, 0.3) is 0 Å². The maximum atomic E-state index is 14.4. The molecule has 0 unspecified atom stereocenters. The van der Waals surface area contributed by atoms with Crippen molar-refractivity contribution >= 4 is 35.0 Å². The van der Waals surface area contributed by atoms with Crippen LogP contribution in [-0.4, -0.2) is 62.1 Å². The van der Waals surface area contributed by atoms with E-state index in [9.17, 15) is 19.2 Å². The van der Waals surface area contributed by atoms with Gasteiger partial charge in [0, 0.05) is 86.0 Å². The van der Waals surface area contributed by atoms with E-state index in [-0.39, 0.29) is 23.6 Å². The molecule has 4 N–H and O–H groups in total. The first kappa shape index (κ1) is 54.2. The maximum absolute atomic E-state index is 14.4. The maximum Gasteiger partial charge on any atom is 0.247 e. The molecule has 388 valence electrons. The fraction of sp³-hybridized carbons (Fsp3) is 0.355. The predicted octanol–water partition coefficient (Wildman–Crippen LogP) is 10.9. The predicted molar refractivity (Wildman–Crippen MR) is 293 cm³/mol. The first-order chi connectivity index (χ1) is 36.0. The van der Waals surface area contributed by atoms with E-state index in [2.05, 4.69) is 73.2 Å². The Morgan fingerprint density at radius 3 is 0.959 bits per heavy atom. The van der Waals surface area contributed by atoms with Crippen molar-refractivity contribution in [3.8, 4) is 23.0 Å². The van der Waals surface area contributed by atoms with Gasteiger partial charge in [0.1, 0.15) is 35.1 Å². The number of anilines is 2. The Morgan fingerprint density at radius 1 is 0.405 bits per heavy atom. The summed E-state index contributed by atoms with van der Waals surface area (Å²) in [5.41, 5.74) is 10.1. The molecule has 0 heterocycles. The zero-order valence-corrected chi connectivity index (χ0v) is 43.9. The van der Waals surface area contributed by atoms with E-state index in [0.29, 0.717) is 76.3 Å². The molecule has 7 rings (SSSR count). The third-order valence-corrected chi connectivity index (χ3v) is 12.7. The summed E-state index contributed by atoms with van der Waals surface area (Å²) in [6.07, 6.45) is 5.32. The molecule has 6 aromatic rings. The van der Waals surface area contributed by atoms with Gasteiger partial charge in [-0.25, -0.2) is 0 Å². The van der Waals surface area contributed by atoms with Gasteiger partial charge in [0.05, 0.1) is 26.4 Å². The van der Waals surface area contributed by atoms with Crippen molar-refractivity contribution in [1.82, 2.24) is 10.6 Å². The molecule has 1 aliphatic rings. The Balaban J connectivity index is 1.41. The summed E-state index contributed by atoms with van der Waals surface area (Å²) < 4.78 is 27.0. The molecule has 0 saturated heterocycles. The van der Waals surface area contributed by atoms with Crippen LogP contribution in [0.3, 0.4) is 0 Å². The van der Waals surface area contributed by atoms with Crippen LogP contribution in [-0.2, 0) is 57.7 Å². The summed E-state index contributed by atoms with van der Waals surface area (Å²) >= 11 is 0. The molecule has 0 spiro atoms. The van der Waals surface area contributed by atoms with Crippen LogP contribution >= 0.6 is 0 Å². The van der Waals surface area contributed by atoms with Gasteiger partial charge in [-0.3, -0.25) is 19.2 Å². The summed E-state index contributed by atoms with van der Waals surface area (Å²) in [6, 6.07) is 37.9. The number of hydrogen-bond donors (Lipinski definition) is 4. The SMILES string of the molecule is CCCOc1c2cccc1Cc1cc(NC(=O)[C@H](Cc3ccccc3)NC(C)=O)cc(c1OCCC)Cc1cccc(c1OCCC)Cc1cc(NC(=O)[C@H](Cc3ccccc3)NC(C)=O)cc(c1OCCC)C2. The minimum atomic E-state index is -0.829. The van der Waals surface area contributed by atoms with Crippen molar-refractivity contribution < 1.29 is 38.1 Å². The van der Waals surface area contributed by atoms with Crippen LogP contribution in [0.25, 0.3) is 0 Å². The fourth-order valence-electron chi connectivity index (χ4n) is 9.46. The second-order valence-electron chi connectivity index (χ2n) is 19.0. The number of ether oxygens (including phenoxy) is 4. The molecule has 0 radical (unpaired) electrons. The standard InChI is InChI=1S/C62H72N4O8/c1-7-27-71-57-45-23-17-24-46(57)34-50-38-54(66-62(70)56(64-42(6)68)32-44-21-15-12-16-22-44)40-52(60(50)74-30-10-4)36-48-26-18-25-47(58(48)72-28-8-2)35-51-39-53(37-49(33-45)59(51)73-29-9-3)65-61(69)55(63-41(5)67)31-43-19-13-11-14-20-43/h11-26,37-40,55-56H,7-10,27-36H2,1-6H3,(H,63,67)(H,64,68)(H,65,69)(H,66,70)/t55-,56-/m0/s1. The van der Waals surface area contributed by atoms with Crippen LogP contribution in [0.2, 0.25) is 0 Å². The van der Waals surface area contributed by atoms with Crippen LogP contribution in [0.5, 0.6) is 23.0 Å². The lowest BCUT2D eigenvalue weighted by atomic mass is 9.90.